The number of carbonyl (C=O) groups is 2. The lowest BCUT2D eigenvalue weighted by molar-refractivity contribution is -0.147. The van der Waals surface area contributed by atoms with E-state index in [0.29, 0.717) is 28.0 Å². The lowest BCUT2D eigenvalue weighted by Crippen LogP contribution is -2.41. The van der Waals surface area contributed by atoms with Crippen molar-refractivity contribution in [3.63, 3.8) is 0 Å². The van der Waals surface area contributed by atoms with E-state index in [4.69, 9.17) is 11.6 Å². The molecule has 1 saturated heterocycles. The van der Waals surface area contributed by atoms with E-state index in [-0.39, 0.29) is 37.6 Å². The van der Waals surface area contributed by atoms with Gasteiger partial charge in [0.2, 0.25) is 11.7 Å². The molecule has 162 valence electrons. The maximum absolute atomic E-state index is 12.9. The van der Waals surface area contributed by atoms with E-state index in [1.165, 1.54) is 0 Å². The number of aromatic nitrogens is 3. The molecule has 3 rings (SSSR count). The summed E-state index contributed by atoms with van der Waals surface area (Å²) in [4.78, 5) is 38.3. The first-order chi connectivity index (χ1) is 14.1. The number of nitrogens with zero attached hydrogens (tertiary/aromatic N) is 4. The molecule has 0 aliphatic carbocycles. The Bertz CT molecular complexity index is 990. The van der Waals surface area contributed by atoms with Crippen molar-refractivity contribution in [1.82, 2.24) is 19.2 Å². The van der Waals surface area contributed by atoms with Crippen LogP contribution in [0.2, 0.25) is 5.02 Å². The first-order valence-electron chi connectivity index (χ1n) is 9.37. The molecule has 2 aromatic rings. The van der Waals surface area contributed by atoms with Gasteiger partial charge in [-0.3, -0.25) is 14.2 Å². The standard InChI is InChI=1S/C19H20ClF3N4O3/c1-25-17(19(21,22)23)24-27(18(25)30)14-8-10-26(11-9-14)16(29)7-6-15(28)12-2-4-13(20)5-3-12/h2-5,14H,6-11H2,1H3. The van der Waals surface area contributed by atoms with Gasteiger partial charge in [0.05, 0.1) is 6.04 Å². The van der Waals surface area contributed by atoms with Crippen LogP contribution in [0.3, 0.4) is 0 Å². The van der Waals surface area contributed by atoms with Crippen molar-refractivity contribution in [3.8, 4) is 0 Å². The van der Waals surface area contributed by atoms with Crippen molar-refractivity contribution < 1.29 is 22.8 Å². The van der Waals surface area contributed by atoms with Crippen molar-refractivity contribution in [2.75, 3.05) is 13.1 Å². The summed E-state index contributed by atoms with van der Waals surface area (Å²) < 4.78 is 40.2. The van der Waals surface area contributed by atoms with E-state index in [0.717, 1.165) is 11.7 Å². The van der Waals surface area contributed by atoms with Crippen molar-refractivity contribution in [1.29, 1.82) is 0 Å². The van der Waals surface area contributed by atoms with Crippen LogP contribution in [-0.2, 0) is 18.0 Å². The number of carbonyl (C=O) groups excluding carboxylic acids is 2. The smallest absolute Gasteiger partial charge is 0.343 e. The molecule has 1 aliphatic heterocycles. The van der Waals surface area contributed by atoms with Crippen LogP contribution in [0.15, 0.2) is 29.1 Å². The number of alkyl halides is 3. The average Bonchev–Trinajstić information content (AvgIpc) is 3.01. The number of rotatable bonds is 5. The van der Waals surface area contributed by atoms with E-state index < -0.39 is 23.7 Å². The van der Waals surface area contributed by atoms with Crippen LogP contribution >= 0.6 is 11.6 Å². The topological polar surface area (TPSA) is 77.2 Å². The number of hydrogen-bond acceptors (Lipinski definition) is 4. The predicted octanol–water partition coefficient (Wildman–Crippen LogP) is 3.08. The molecular weight excluding hydrogens is 425 g/mol. The second-order valence-electron chi connectivity index (χ2n) is 7.15. The fraction of sp³-hybridized carbons (Fsp3) is 0.474. The molecule has 0 unspecified atom stereocenters. The highest BCUT2D eigenvalue weighted by Crippen LogP contribution is 2.28. The molecule has 1 aromatic carbocycles. The van der Waals surface area contributed by atoms with Gasteiger partial charge in [0.15, 0.2) is 5.78 Å². The molecule has 1 aliphatic rings. The minimum atomic E-state index is -4.72. The zero-order valence-electron chi connectivity index (χ0n) is 16.2. The van der Waals surface area contributed by atoms with Gasteiger partial charge in [0.1, 0.15) is 0 Å². The van der Waals surface area contributed by atoms with Gasteiger partial charge in [-0.05, 0) is 37.1 Å². The molecule has 1 amide bonds. The quantitative estimate of drug-likeness (QED) is 0.664. The van der Waals surface area contributed by atoms with Crippen LogP contribution in [0.4, 0.5) is 13.2 Å². The van der Waals surface area contributed by atoms with E-state index in [1.807, 2.05) is 0 Å². The predicted molar refractivity (Wildman–Crippen MR) is 102 cm³/mol. The maximum Gasteiger partial charge on any atom is 0.451 e. The van der Waals surface area contributed by atoms with Crippen LogP contribution in [-0.4, -0.2) is 44.0 Å². The molecule has 30 heavy (non-hydrogen) atoms. The third-order valence-electron chi connectivity index (χ3n) is 5.15. The summed E-state index contributed by atoms with van der Waals surface area (Å²) in [6.45, 7) is 0.562. The monoisotopic (exact) mass is 444 g/mol. The molecule has 0 N–H and O–H groups in total. The minimum Gasteiger partial charge on any atom is -0.343 e. The van der Waals surface area contributed by atoms with Gasteiger partial charge in [-0.25, -0.2) is 9.48 Å². The van der Waals surface area contributed by atoms with Crippen molar-refractivity contribution in [3.05, 3.63) is 51.2 Å². The molecule has 0 bridgehead atoms. The number of hydrogen-bond donors (Lipinski definition) is 0. The normalized spacial score (nSPS) is 15.4. The highest BCUT2D eigenvalue weighted by atomic mass is 35.5. The number of piperidine rings is 1. The van der Waals surface area contributed by atoms with Crippen LogP contribution in [0.25, 0.3) is 0 Å². The molecule has 0 atom stereocenters. The molecule has 0 radical (unpaired) electrons. The Morgan fingerprint density at radius 3 is 2.27 bits per heavy atom. The van der Waals surface area contributed by atoms with Gasteiger partial charge in [-0.1, -0.05) is 11.6 Å². The average molecular weight is 445 g/mol. The second-order valence-corrected chi connectivity index (χ2v) is 7.59. The first kappa shape index (κ1) is 22.1. The highest BCUT2D eigenvalue weighted by Gasteiger charge is 2.39. The summed E-state index contributed by atoms with van der Waals surface area (Å²) in [6.07, 6.45) is -4.01. The highest BCUT2D eigenvalue weighted by molar-refractivity contribution is 6.30. The minimum absolute atomic E-state index is 0.0356. The summed E-state index contributed by atoms with van der Waals surface area (Å²) in [5, 5.41) is 3.97. The maximum atomic E-state index is 12.9. The number of amides is 1. The number of halogens is 4. The summed E-state index contributed by atoms with van der Waals surface area (Å²) in [7, 11) is 1.03. The van der Waals surface area contributed by atoms with Gasteiger partial charge < -0.3 is 4.90 Å². The molecule has 1 aromatic heterocycles. The van der Waals surface area contributed by atoms with Gasteiger partial charge in [0.25, 0.3) is 0 Å². The lowest BCUT2D eigenvalue weighted by Gasteiger charge is -2.31. The van der Waals surface area contributed by atoms with E-state index in [9.17, 15) is 27.6 Å². The summed E-state index contributed by atoms with van der Waals surface area (Å²) in [5.41, 5.74) is -0.360. The molecule has 1 fully saturated rings. The molecule has 11 heteroatoms. The van der Waals surface area contributed by atoms with Gasteiger partial charge in [-0.2, -0.15) is 13.2 Å². The molecule has 2 heterocycles. The van der Waals surface area contributed by atoms with E-state index in [1.54, 1.807) is 29.2 Å². The number of likely N-dealkylation sites (tertiary alicyclic amines) is 1. The Morgan fingerprint density at radius 1 is 1.13 bits per heavy atom. The lowest BCUT2D eigenvalue weighted by atomic mass is 10.0. The number of Topliss-reactive ketones (excluding diaryl/α,β-unsaturated/α-hetero) is 1. The zero-order valence-corrected chi connectivity index (χ0v) is 16.9. The van der Waals surface area contributed by atoms with Crippen molar-refractivity contribution in [2.45, 2.75) is 37.9 Å². The van der Waals surface area contributed by atoms with Crippen LogP contribution < -0.4 is 5.69 Å². The van der Waals surface area contributed by atoms with Crippen LogP contribution in [0, 0.1) is 0 Å². The summed E-state index contributed by atoms with van der Waals surface area (Å²) in [6, 6.07) is 5.89. The summed E-state index contributed by atoms with van der Waals surface area (Å²) in [5.74, 6) is -1.62. The molecule has 0 saturated carbocycles. The third kappa shape index (κ3) is 4.75. The summed E-state index contributed by atoms with van der Waals surface area (Å²) >= 11 is 5.79. The second kappa shape index (κ2) is 8.63. The first-order valence-corrected chi connectivity index (χ1v) is 9.75. The Morgan fingerprint density at radius 2 is 1.73 bits per heavy atom. The number of benzene rings is 1. The third-order valence-corrected chi connectivity index (χ3v) is 5.40. The molecular formula is C19H20ClF3N4O3. The Hall–Kier alpha value is -2.62. The fourth-order valence-electron chi connectivity index (χ4n) is 3.46. The van der Waals surface area contributed by atoms with E-state index in [2.05, 4.69) is 5.10 Å². The Balaban J connectivity index is 1.55. The van der Waals surface area contributed by atoms with E-state index >= 15 is 0 Å². The van der Waals surface area contributed by atoms with Gasteiger partial charge in [0, 0.05) is 43.6 Å². The Kier molecular flexibility index (Phi) is 6.35. The number of ketones is 1. The largest absolute Gasteiger partial charge is 0.451 e. The molecule has 7 nitrogen and oxygen atoms in total. The van der Waals surface area contributed by atoms with Crippen LogP contribution in [0.1, 0.15) is 47.9 Å². The zero-order chi connectivity index (χ0) is 22.1. The Labute approximate surface area is 175 Å². The SMILES string of the molecule is Cn1c(C(F)(F)F)nn(C2CCN(C(=O)CCC(=O)c3ccc(Cl)cc3)CC2)c1=O. The van der Waals surface area contributed by atoms with Gasteiger partial charge in [-0.15, -0.1) is 5.10 Å². The van der Waals surface area contributed by atoms with Crippen molar-refractivity contribution >= 4 is 23.3 Å². The van der Waals surface area contributed by atoms with Crippen molar-refractivity contribution in [2.24, 2.45) is 7.05 Å². The molecule has 0 spiro atoms. The van der Waals surface area contributed by atoms with Gasteiger partial charge >= 0.3 is 11.9 Å². The van der Waals surface area contributed by atoms with Crippen LogP contribution in [0.5, 0.6) is 0 Å². The fourth-order valence-corrected chi connectivity index (χ4v) is 3.59.